The Morgan fingerprint density at radius 1 is 1.39 bits per heavy atom. The van der Waals surface area contributed by atoms with Crippen LogP contribution in [-0.4, -0.2) is 26.7 Å². The minimum absolute atomic E-state index is 0.103. The summed E-state index contributed by atoms with van der Waals surface area (Å²) in [5.41, 5.74) is 1.30. The normalized spacial score (nSPS) is 27.8. The fraction of sp³-hybridized carbons (Fsp3) is 0.692. The molecule has 98 valence electrons. The van der Waals surface area contributed by atoms with Crippen molar-refractivity contribution in [2.45, 2.75) is 57.2 Å². The van der Waals surface area contributed by atoms with Crippen LogP contribution in [0.4, 0.5) is 0 Å². The summed E-state index contributed by atoms with van der Waals surface area (Å²) in [6.07, 6.45) is 8.16. The molecule has 5 nitrogen and oxygen atoms in total. The van der Waals surface area contributed by atoms with Gasteiger partial charge in [0.15, 0.2) is 0 Å². The van der Waals surface area contributed by atoms with Gasteiger partial charge in [0, 0.05) is 18.4 Å². The summed E-state index contributed by atoms with van der Waals surface area (Å²) < 4.78 is 2.28. The van der Waals surface area contributed by atoms with Gasteiger partial charge in [-0.15, -0.1) is 0 Å². The number of carboxylic acid groups (broad SMARTS) is 1. The lowest BCUT2D eigenvalue weighted by molar-refractivity contribution is -0.140. The van der Waals surface area contributed by atoms with E-state index in [-0.39, 0.29) is 6.04 Å². The number of piperidine rings is 1. The van der Waals surface area contributed by atoms with E-state index >= 15 is 0 Å². The lowest BCUT2D eigenvalue weighted by Gasteiger charge is -2.29. The quantitative estimate of drug-likeness (QED) is 0.833. The van der Waals surface area contributed by atoms with Gasteiger partial charge in [0.1, 0.15) is 11.9 Å². The van der Waals surface area contributed by atoms with Crippen LogP contribution in [0, 0.1) is 0 Å². The van der Waals surface area contributed by atoms with Crippen LogP contribution >= 0.6 is 0 Å². The minimum Gasteiger partial charge on any atom is -0.480 e. The van der Waals surface area contributed by atoms with E-state index in [1.54, 1.807) is 0 Å². The monoisotopic (exact) mass is 249 g/mol. The van der Waals surface area contributed by atoms with Crippen LogP contribution in [-0.2, 0) is 17.8 Å². The molecular weight excluding hydrogens is 230 g/mol. The van der Waals surface area contributed by atoms with Gasteiger partial charge in [-0.05, 0) is 38.5 Å². The highest BCUT2D eigenvalue weighted by atomic mass is 16.4. The molecule has 18 heavy (non-hydrogen) atoms. The highest BCUT2D eigenvalue weighted by Crippen LogP contribution is 2.27. The highest BCUT2D eigenvalue weighted by molar-refractivity contribution is 5.73. The maximum absolute atomic E-state index is 11.1. The Morgan fingerprint density at radius 2 is 2.28 bits per heavy atom. The van der Waals surface area contributed by atoms with Crippen LogP contribution in [0.25, 0.3) is 0 Å². The number of carboxylic acids is 1. The summed E-state index contributed by atoms with van der Waals surface area (Å²) in [5.74, 6) is 0.292. The predicted octanol–water partition coefficient (Wildman–Crippen LogP) is 1.49. The largest absolute Gasteiger partial charge is 0.480 e. The fourth-order valence-electron chi connectivity index (χ4n) is 3.07. The molecule has 2 unspecified atom stereocenters. The molecule has 3 heterocycles. The van der Waals surface area contributed by atoms with Crippen molar-refractivity contribution in [2.75, 3.05) is 0 Å². The summed E-state index contributed by atoms with van der Waals surface area (Å²) in [7, 11) is 0. The molecule has 0 radical (unpaired) electrons. The van der Waals surface area contributed by atoms with Crippen molar-refractivity contribution in [2.24, 2.45) is 0 Å². The highest BCUT2D eigenvalue weighted by Gasteiger charge is 2.30. The molecule has 0 aliphatic carbocycles. The third-order valence-corrected chi connectivity index (χ3v) is 4.03. The second kappa shape index (κ2) is 4.72. The van der Waals surface area contributed by atoms with Gasteiger partial charge in [0.05, 0.1) is 6.04 Å². The zero-order chi connectivity index (χ0) is 12.5. The maximum atomic E-state index is 11.1. The van der Waals surface area contributed by atoms with E-state index in [0.717, 1.165) is 38.1 Å². The molecule has 2 aliphatic rings. The molecule has 1 aromatic rings. The topological polar surface area (TPSA) is 67.1 Å². The van der Waals surface area contributed by atoms with E-state index in [9.17, 15) is 4.79 Å². The van der Waals surface area contributed by atoms with Crippen molar-refractivity contribution in [3.05, 3.63) is 17.7 Å². The average Bonchev–Trinajstić information content (AvgIpc) is 2.82. The first-order valence-corrected chi connectivity index (χ1v) is 6.79. The Morgan fingerprint density at radius 3 is 3.11 bits per heavy atom. The third kappa shape index (κ3) is 2.03. The van der Waals surface area contributed by atoms with Crippen molar-refractivity contribution >= 4 is 5.97 Å². The molecule has 2 aliphatic heterocycles. The van der Waals surface area contributed by atoms with Crippen molar-refractivity contribution in [1.82, 2.24) is 14.9 Å². The second-order valence-corrected chi connectivity index (χ2v) is 5.26. The van der Waals surface area contributed by atoms with Crippen LogP contribution in [0.3, 0.4) is 0 Å². The van der Waals surface area contributed by atoms with Crippen LogP contribution in [0.1, 0.15) is 49.7 Å². The number of carbonyl (C=O) groups is 1. The summed E-state index contributed by atoms with van der Waals surface area (Å²) in [5, 5.41) is 12.3. The van der Waals surface area contributed by atoms with E-state index in [0.29, 0.717) is 0 Å². The van der Waals surface area contributed by atoms with Gasteiger partial charge in [-0.25, -0.2) is 4.98 Å². The smallest absolute Gasteiger partial charge is 0.320 e. The maximum Gasteiger partial charge on any atom is 0.320 e. The Hall–Kier alpha value is -1.36. The van der Waals surface area contributed by atoms with Gasteiger partial charge in [-0.2, -0.15) is 0 Å². The molecular formula is C13H19N3O2. The number of aromatic nitrogens is 2. The SMILES string of the molecule is O=C(O)C1CCCC(c2ncc3n2CCCC3)N1. The zero-order valence-electron chi connectivity index (χ0n) is 10.4. The third-order valence-electron chi connectivity index (χ3n) is 4.03. The summed E-state index contributed by atoms with van der Waals surface area (Å²) in [4.78, 5) is 15.6. The van der Waals surface area contributed by atoms with Crippen LogP contribution < -0.4 is 5.32 Å². The second-order valence-electron chi connectivity index (χ2n) is 5.26. The molecule has 0 amide bonds. The number of aryl methyl sites for hydroxylation is 1. The van der Waals surface area contributed by atoms with E-state index in [1.807, 2.05) is 6.20 Å². The predicted molar refractivity (Wildman–Crippen MR) is 66.3 cm³/mol. The van der Waals surface area contributed by atoms with Gasteiger partial charge in [-0.1, -0.05) is 0 Å². The number of rotatable bonds is 2. The number of hydrogen-bond donors (Lipinski definition) is 2. The summed E-state index contributed by atoms with van der Waals surface area (Å²) in [6.45, 7) is 1.03. The first kappa shape index (κ1) is 11.7. The molecule has 1 aromatic heterocycles. The standard InChI is InChI=1S/C13H19N3O2/c17-13(18)11-6-3-5-10(15-11)12-14-8-9-4-1-2-7-16(9)12/h8,10-11,15H,1-7H2,(H,17,18). The van der Waals surface area contributed by atoms with Gasteiger partial charge in [-0.3, -0.25) is 10.1 Å². The average molecular weight is 249 g/mol. The number of nitrogens with one attached hydrogen (secondary N) is 1. The van der Waals surface area contributed by atoms with Crippen molar-refractivity contribution in [1.29, 1.82) is 0 Å². The minimum atomic E-state index is -0.745. The summed E-state index contributed by atoms with van der Waals surface area (Å²) in [6, 6.07) is -0.313. The van der Waals surface area contributed by atoms with E-state index < -0.39 is 12.0 Å². The van der Waals surface area contributed by atoms with Crippen molar-refractivity contribution < 1.29 is 9.90 Å². The van der Waals surface area contributed by atoms with E-state index in [1.165, 1.54) is 18.5 Å². The molecule has 3 rings (SSSR count). The lowest BCUT2D eigenvalue weighted by Crippen LogP contribution is -2.43. The lowest BCUT2D eigenvalue weighted by atomic mass is 9.98. The summed E-state index contributed by atoms with van der Waals surface area (Å²) >= 11 is 0. The number of fused-ring (bicyclic) bond motifs is 1. The molecule has 1 fully saturated rings. The molecule has 5 heteroatoms. The Balaban J connectivity index is 1.82. The Kier molecular flexibility index (Phi) is 3.07. The van der Waals surface area contributed by atoms with Crippen molar-refractivity contribution in [3.8, 4) is 0 Å². The van der Waals surface area contributed by atoms with Gasteiger partial charge >= 0.3 is 5.97 Å². The van der Waals surface area contributed by atoms with E-state index in [2.05, 4.69) is 14.9 Å². The van der Waals surface area contributed by atoms with Gasteiger partial charge in [0.25, 0.3) is 0 Å². The zero-order valence-corrected chi connectivity index (χ0v) is 10.4. The first-order valence-electron chi connectivity index (χ1n) is 6.79. The van der Waals surface area contributed by atoms with Gasteiger partial charge in [0.2, 0.25) is 0 Å². The molecule has 0 bridgehead atoms. The number of aliphatic carboxylic acids is 1. The molecule has 0 saturated carbocycles. The molecule has 0 aromatic carbocycles. The van der Waals surface area contributed by atoms with Crippen LogP contribution in [0.15, 0.2) is 6.20 Å². The first-order chi connectivity index (χ1) is 8.75. The Bertz CT molecular complexity index is 455. The van der Waals surface area contributed by atoms with Gasteiger partial charge < -0.3 is 9.67 Å². The molecule has 1 saturated heterocycles. The number of imidazole rings is 1. The molecule has 2 N–H and O–H groups in total. The molecule has 0 spiro atoms. The molecule has 2 atom stereocenters. The van der Waals surface area contributed by atoms with Crippen LogP contribution in [0.2, 0.25) is 0 Å². The Labute approximate surface area is 106 Å². The number of nitrogens with zero attached hydrogens (tertiary/aromatic N) is 2. The van der Waals surface area contributed by atoms with E-state index in [4.69, 9.17) is 5.11 Å². The number of hydrogen-bond acceptors (Lipinski definition) is 3. The van der Waals surface area contributed by atoms with Crippen molar-refractivity contribution in [3.63, 3.8) is 0 Å². The fourth-order valence-corrected chi connectivity index (χ4v) is 3.07. The van der Waals surface area contributed by atoms with Crippen LogP contribution in [0.5, 0.6) is 0 Å².